The lowest BCUT2D eigenvalue weighted by molar-refractivity contribution is -0.126. The molecule has 2 rings (SSSR count). The molecule has 0 aromatic carbocycles. The van der Waals surface area contributed by atoms with Crippen LogP contribution in [0.15, 0.2) is 0 Å². The second-order valence-electron chi connectivity index (χ2n) is 4.90. The SMILES string of the molecule is C[C@@H]1CN(C2CCCCC2)CCC1=O. The maximum Gasteiger partial charge on any atom is 0.138 e. The van der Waals surface area contributed by atoms with E-state index in [0.717, 1.165) is 25.6 Å². The topological polar surface area (TPSA) is 20.3 Å². The first-order chi connectivity index (χ1) is 6.77. The van der Waals surface area contributed by atoms with Gasteiger partial charge in [-0.15, -0.1) is 0 Å². The van der Waals surface area contributed by atoms with Gasteiger partial charge in [0, 0.05) is 31.5 Å². The molecule has 1 aliphatic heterocycles. The number of nitrogens with zero attached hydrogens (tertiary/aromatic N) is 1. The molecule has 0 N–H and O–H groups in total. The lowest BCUT2D eigenvalue weighted by Gasteiger charge is -2.38. The van der Waals surface area contributed by atoms with Crippen LogP contribution in [-0.4, -0.2) is 29.8 Å². The highest BCUT2D eigenvalue weighted by atomic mass is 16.1. The summed E-state index contributed by atoms with van der Waals surface area (Å²) in [5.74, 6) is 0.753. The van der Waals surface area contributed by atoms with Gasteiger partial charge in [-0.1, -0.05) is 26.2 Å². The molecule has 2 heteroatoms. The smallest absolute Gasteiger partial charge is 0.138 e. The molecule has 1 atom stereocenters. The molecule has 2 nitrogen and oxygen atoms in total. The number of ketones is 1. The van der Waals surface area contributed by atoms with Crippen molar-refractivity contribution >= 4 is 5.78 Å². The highest BCUT2D eigenvalue weighted by Gasteiger charge is 2.28. The average Bonchev–Trinajstić information content (AvgIpc) is 2.23. The van der Waals surface area contributed by atoms with Crippen molar-refractivity contribution in [2.75, 3.05) is 13.1 Å². The number of carbonyl (C=O) groups excluding carboxylic acids is 1. The van der Waals surface area contributed by atoms with Crippen LogP contribution in [0.25, 0.3) is 0 Å². The highest BCUT2D eigenvalue weighted by Crippen LogP contribution is 2.25. The van der Waals surface area contributed by atoms with Gasteiger partial charge in [-0.3, -0.25) is 9.69 Å². The molecule has 1 heterocycles. The molecular weight excluding hydrogens is 174 g/mol. The van der Waals surface area contributed by atoms with Gasteiger partial charge in [0.2, 0.25) is 0 Å². The van der Waals surface area contributed by atoms with E-state index in [1.54, 1.807) is 0 Å². The highest BCUT2D eigenvalue weighted by molar-refractivity contribution is 5.81. The van der Waals surface area contributed by atoms with Crippen LogP contribution in [0.2, 0.25) is 0 Å². The summed E-state index contributed by atoms with van der Waals surface area (Å²) in [5.41, 5.74) is 0. The maximum atomic E-state index is 11.4. The first-order valence-electron chi connectivity index (χ1n) is 6.04. The molecule has 0 bridgehead atoms. The summed E-state index contributed by atoms with van der Waals surface area (Å²) in [7, 11) is 0. The average molecular weight is 195 g/mol. The third-order valence-corrected chi connectivity index (χ3v) is 3.79. The van der Waals surface area contributed by atoms with Crippen LogP contribution in [0.5, 0.6) is 0 Å². The molecule has 14 heavy (non-hydrogen) atoms. The summed E-state index contributed by atoms with van der Waals surface area (Å²) in [5, 5.41) is 0. The summed E-state index contributed by atoms with van der Waals surface area (Å²) in [4.78, 5) is 14.0. The van der Waals surface area contributed by atoms with E-state index < -0.39 is 0 Å². The van der Waals surface area contributed by atoms with Gasteiger partial charge in [0.25, 0.3) is 0 Å². The largest absolute Gasteiger partial charge is 0.299 e. The molecule has 0 amide bonds. The Morgan fingerprint density at radius 3 is 2.57 bits per heavy atom. The van der Waals surface area contributed by atoms with E-state index in [4.69, 9.17) is 0 Å². The number of piperidine rings is 1. The normalized spacial score (nSPS) is 32.1. The second-order valence-corrected chi connectivity index (χ2v) is 4.90. The lowest BCUT2D eigenvalue weighted by Crippen LogP contribution is -2.46. The minimum absolute atomic E-state index is 0.283. The Balaban J connectivity index is 1.88. The van der Waals surface area contributed by atoms with E-state index in [0.29, 0.717) is 5.78 Å². The quantitative estimate of drug-likeness (QED) is 0.639. The fourth-order valence-electron chi connectivity index (χ4n) is 2.82. The Hall–Kier alpha value is -0.370. The maximum absolute atomic E-state index is 11.4. The van der Waals surface area contributed by atoms with Gasteiger partial charge in [0.15, 0.2) is 0 Å². The van der Waals surface area contributed by atoms with Crippen molar-refractivity contribution in [1.29, 1.82) is 0 Å². The molecule has 0 radical (unpaired) electrons. The van der Waals surface area contributed by atoms with Gasteiger partial charge >= 0.3 is 0 Å². The van der Waals surface area contributed by atoms with Crippen molar-refractivity contribution in [2.24, 2.45) is 5.92 Å². The van der Waals surface area contributed by atoms with Crippen LogP contribution in [-0.2, 0) is 4.79 Å². The van der Waals surface area contributed by atoms with Crippen molar-refractivity contribution in [1.82, 2.24) is 4.90 Å². The number of rotatable bonds is 1. The van der Waals surface area contributed by atoms with Crippen LogP contribution in [0.3, 0.4) is 0 Å². The Labute approximate surface area is 86.7 Å². The first-order valence-corrected chi connectivity index (χ1v) is 6.04. The second kappa shape index (κ2) is 4.43. The molecule has 80 valence electrons. The zero-order valence-electron chi connectivity index (χ0n) is 9.17. The molecular formula is C12H21NO. The Morgan fingerprint density at radius 2 is 1.93 bits per heavy atom. The summed E-state index contributed by atoms with van der Waals surface area (Å²) >= 11 is 0. The van der Waals surface area contributed by atoms with Crippen LogP contribution >= 0.6 is 0 Å². The molecule has 0 unspecified atom stereocenters. The molecule has 2 fully saturated rings. The first kappa shape index (κ1) is 10.2. The minimum atomic E-state index is 0.283. The van der Waals surface area contributed by atoms with E-state index in [1.807, 2.05) is 0 Å². The summed E-state index contributed by atoms with van der Waals surface area (Å²) < 4.78 is 0. The van der Waals surface area contributed by atoms with Crippen molar-refractivity contribution in [3.8, 4) is 0 Å². The Morgan fingerprint density at radius 1 is 1.21 bits per heavy atom. The minimum Gasteiger partial charge on any atom is -0.299 e. The number of likely N-dealkylation sites (tertiary alicyclic amines) is 1. The predicted molar refractivity (Wildman–Crippen MR) is 57.2 cm³/mol. The molecule has 1 aliphatic carbocycles. The lowest BCUT2D eigenvalue weighted by atomic mass is 9.90. The van der Waals surface area contributed by atoms with Crippen LogP contribution in [0, 0.1) is 5.92 Å². The van der Waals surface area contributed by atoms with Gasteiger partial charge in [0.1, 0.15) is 5.78 Å². The zero-order valence-corrected chi connectivity index (χ0v) is 9.17. The molecule has 1 saturated carbocycles. The van der Waals surface area contributed by atoms with Crippen LogP contribution in [0.4, 0.5) is 0 Å². The van der Waals surface area contributed by atoms with Crippen molar-refractivity contribution in [3.05, 3.63) is 0 Å². The fraction of sp³-hybridized carbons (Fsp3) is 0.917. The van der Waals surface area contributed by atoms with E-state index in [9.17, 15) is 4.79 Å². The van der Waals surface area contributed by atoms with Gasteiger partial charge in [-0.25, -0.2) is 0 Å². The van der Waals surface area contributed by atoms with E-state index >= 15 is 0 Å². The molecule has 2 aliphatic rings. The van der Waals surface area contributed by atoms with Gasteiger partial charge in [0.05, 0.1) is 0 Å². The molecule has 1 saturated heterocycles. The Bertz CT molecular complexity index is 208. The number of carbonyl (C=O) groups is 1. The Kier molecular flexibility index (Phi) is 3.22. The van der Waals surface area contributed by atoms with Crippen molar-refractivity contribution < 1.29 is 4.79 Å². The van der Waals surface area contributed by atoms with Crippen molar-refractivity contribution in [2.45, 2.75) is 51.5 Å². The summed E-state index contributed by atoms with van der Waals surface area (Å²) in [6.07, 6.45) is 7.71. The predicted octanol–water partition coefficient (Wildman–Crippen LogP) is 2.23. The van der Waals surface area contributed by atoms with Gasteiger partial charge < -0.3 is 0 Å². The van der Waals surface area contributed by atoms with E-state index in [-0.39, 0.29) is 5.92 Å². The monoisotopic (exact) mass is 195 g/mol. The van der Waals surface area contributed by atoms with Gasteiger partial charge in [-0.2, -0.15) is 0 Å². The van der Waals surface area contributed by atoms with Crippen molar-refractivity contribution in [3.63, 3.8) is 0 Å². The summed E-state index contributed by atoms with van der Waals surface area (Å²) in [6.45, 7) is 4.12. The van der Waals surface area contributed by atoms with E-state index in [1.165, 1.54) is 32.1 Å². The molecule has 0 aromatic rings. The molecule has 0 aromatic heterocycles. The standard InChI is InChI=1S/C12H21NO/c1-10-9-13(8-7-12(10)14)11-5-3-2-4-6-11/h10-11H,2-9H2,1H3/t10-/m1/s1. The number of Topliss-reactive ketones (excluding diaryl/α,β-unsaturated/α-hetero) is 1. The van der Waals surface area contributed by atoms with E-state index in [2.05, 4.69) is 11.8 Å². The molecule has 0 spiro atoms. The third kappa shape index (κ3) is 2.17. The summed E-state index contributed by atoms with van der Waals surface area (Å²) in [6, 6.07) is 0.791. The fourth-order valence-corrected chi connectivity index (χ4v) is 2.82. The third-order valence-electron chi connectivity index (χ3n) is 3.79. The van der Waals surface area contributed by atoms with Crippen LogP contribution < -0.4 is 0 Å². The number of hydrogen-bond donors (Lipinski definition) is 0. The number of hydrogen-bond acceptors (Lipinski definition) is 2. The zero-order chi connectivity index (χ0) is 9.97. The van der Waals surface area contributed by atoms with Crippen LogP contribution in [0.1, 0.15) is 45.4 Å². The van der Waals surface area contributed by atoms with Gasteiger partial charge in [-0.05, 0) is 12.8 Å².